The van der Waals surface area contributed by atoms with Crippen molar-refractivity contribution in [3.05, 3.63) is 34.5 Å². The third-order valence-corrected chi connectivity index (χ3v) is 4.29. The average molecular weight is 262 g/mol. The number of nitrogens with one attached hydrogen (secondary N) is 1. The van der Waals surface area contributed by atoms with Crippen molar-refractivity contribution in [1.82, 2.24) is 4.98 Å². The fourth-order valence-corrected chi connectivity index (χ4v) is 3.51. The molecule has 0 fully saturated rings. The number of aromatic amines is 1. The molecule has 0 radical (unpaired) electrons. The molecule has 3 rings (SSSR count). The number of hydrogen-bond acceptors (Lipinski definition) is 0. The largest absolute Gasteiger partial charge is 0.358 e. The standard InChI is InChI=1S/C16H20ClN/c1-10(2)7-11-3-6-15-14(8-11)13-5-4-12(17)9-16(13)18-15/h4-5,9-11,18H,3,6-8H2,1-2H3. The predicted octanol–water partition coefficient (Wildman–Crippen LogP) is 4.97. The van der Waals surface area contributed by atoms with Crippen LogP contribution in [0.3, 0.4) is 0 Å². The van der Waals surface area contributed by atoms with E-state index in [1.54, 1.807) is 5.56 Å². The molecule has 1 atom stereocenters. The number of aromatic nitrogens is 1. The maximum absolute atomic E-state index is 6.06. The van der Waals surface area contributed by atoms with Crippen LogP contribution in [-0.4, -0.2) is 4.98 Å². The number of benzene rings is 1. The van der Waals surface area contributed by atoms with Crippen LogP contribution in [0, 0.1) is 11.8 Å². The van der Waals surface area contributed by atoms with Gasteiger partial charge < -0.3 is 4.98 Å². The van der Waals surface area contributed by atoms with E-state index in [9.17, 15) is 0 Å². The Bertz CT molecular complexity index is 568. The summed E-state index contributed by atoms with van der Waals surface area (Å²) in [6.07, 6.45) is 5.10. The van der Waals surface area contributed by atoms with Gasteiger partial charge in [-0.1, -0.05) is 31.5 Å². The van der Waals surface area contributed by atoms with Crippen LogP contribution >= 0.6 is 11.6 Å². The molecule has 18 heavy (non-hydrogen) atoms. The van der Waals surface area contributed by atoms with E-state index < -0.39 is 0 Å². The first-order chi connectivity index (χ1) is 8.63. The summed E-state index contributed by atoms with van der Waals surface area (Å²) in [7, 11) is 0. The lowest BCUT2D eigenvalue weighted by Crippen LogP contribution is -2.15. The van der Waals surface area contributed by atoms with Gasteiger partial charge in [0, 0.05) is 21.6 Å². The molecule has 1 nitrogen and oxygen atoms in total. The molecule has 1 aromatic carbocycles. The predicted molar refractivity (Wildman–Crippen MR) is 78.3 cm³/mol. The maximum atomic E-state index is 6.06. The molecule has 96 valence electrons. The van der Waals surface area contributed by atoms with Crippen molar-refractivity contribution in [3.8, 4) is 0 Å². The van der Waals surface area contributed by atoms with Crippen LogP contribution in [0.2, 0.25) is 5.02 Å². The summed E-state index contributed by atoms with van der Waals surface area (Å²) in [5.41, 5.74) is 4.18. The van der Waals surface area contributed by atoms with Gasteiger partial charge in [0.15, 0.2) is 0 Å². The minimum atomic E-state index is 0.802. The molecule has 1 heterocycles. The highest BCUT2D eigenvalue weighted by Gasteiger charge is 2.22. The van der Waals surface area contributed by atoms with Gasteiger partial charge in [-0.3, -0.25) is 0 Å². The van der Waals surface area contributed by atoms with Gasteiger partial charge in [0.2, 0.25) is 0 Å². The van der Waals surface area contributed by atoms with E-state index in [2.05, 4.69) is 24.9 Å². The molecule has 0 bridgehead atoms. The molecule has 0 saturated carbocycles. The lowest BCUT2D eigenvalue weighted by atomic mass is 9.82. The molecule has 0 saturated heterocycles. The summed E-state index contributed by atoms with van der Waals surface area (Å²) in [6.45, 7) is 4.65. The molecular formula is C16H20ClN. The molecule has 0 amide bonds. The zero-order chi connectivity index (χ0) is 12.7. The molecule has 1 unspecified atom stereocenters. The van der Waals surface area contributed by atoms with E-state index in [0.717, 1.165) is 16.9 Å². The number of H-pyrrole nitrogens is 1. The zero-order valence-corrected chi connectivity index (χ0v) is 11.8. The molecule has 2 aromatic rings. The Labute approximate surface area is 114 Å². The lowest BCUT2D eigenvalue weighted by Gasteiger charge is -2.23. The van der Waals surface area contributed by atoms with E-state index in [1.165, 1.54) is 42.3 Å². The van der Waals surface area contributed by atoms with Gasteiger partial charge in [0.1, 0.15) is 0 Å². The number of hydrogen-bond donors (Lipinski definition) is 1. The normalized spacial score (nSPS) is 19.4. The van der Waals surface area contributed by atoms with Gasteiger partial charge in [-0.15, -0.1) is 0 Å². The second kappa shape index (κ2) is 4.62. The second-order valence-corrected chi connectivity index (χ2v) is 6.45. The van der Waals surface area contributed by atoms with Crippen LogP contribution in [-0.2, 0) is 12.8 Å². The van der Waals surface area contributed by atoms with Crippen LogP contribution in [0.4, 0.5) is 0 Å². The Balaban J connectivity index is 1.96. The molecule has 1 N–H and O–H groups in total. The van der Waals surface area contributed by atoms with Crippen LogP contribution in [0.1, 0.15) is 37.9 Å². The molecule has 1 aromatic heterocycles. The monoisotopic (exact) mass is 261 g/mol. The van der Waals surface area contributed by atoms with Crippen molar-refractivity contribution >= 4 is 22.5 Å². The third-order valence-electron chi connectivity index (χ3n) is 4.06. The number of rotatable bonds is 2. The Hall–Kier alpha value is -0.950. The maximum Gasteiger partial charge on any atom is 0.0473 e. The number of halogens is 1. The van der Waals surface area contributed by atoms with E-state index >= 15 is 0 Å². The Morgan fingerprint density at radius 2 is 2.22 bits per heavy atom. The summed E-state index contributed by atoms with van der Waals surface area (Å²) in [6, 6.07) is 6.22. The van der Waals surface area contributed by atoms with E-state index in [1.807, 2.05) is 12.1 Å². The molecular weight excluding hydrogens is 242 g/mol. The average Bonchev–Trinajstić information content (AvgIpc) is 2.65. The minimum Gasteiger partial charge on any atom is -0.358 e. The first-order valence-corrected chi connectivity index (χ1v) is 7.30. The molecule has 1 aliphatic carbocycles. The number of fused-ring (bicyclic) bond motifs is 3. The van der Waals surface area contributed by atoms with Gasteiger partial charge in [0.05, 0.1) is 0 Å². The molecule has 0 aliphatic heterocycles. The topological polar surface area (TPSA) is 15.8 Å². The van der Waals surface area contributed by atoms with Crippen molar-refractivity contribution in [1.29, 1.82) is 0 Å². The highest BCUT2D eigenvalue weighted by atomic mass is 35.5. The Kier molecular flexibility index (Phi) is 3.11. The number of aryl methyl sites for hydroxylation is 1. The SMILES string of the molecule is CC(C)CC1CCc2[nH]c3cc(Cl)ccc3c2C1. The van der Waals surface area contributed by atoms with Crippen molar-refractivity contribution in [2.24, 2.45) is 11.8 Å². The summed E-state index contributed by atoms with van der Waals surface area (Å²) in [4.78, 5) is 3.55. The van der Waals surface area contributed by atoms with Crippen molar-refractivity contribution in [2.45, 2.75) is 39.5 Å². The van der Waals surface area contributed by atoms with Gasteiger partial charge in [-0.05, 0) is 55.2 Å². The minimum absolute atomic E-state index is 0.802. The van der Waals surface area contributed by atoms with E-state index in [4.69, 9.17) is 11.6 Å². The van der Waals surface area contributed by atoms with E-state index in [-0.39, 0.29) is 0 Å². The van der Waals surface area contributed by atoms with Crippen LogP contribution in [0.5, 0.6) is 0 Å². The van der Waals surface area contributed by atoms with Crippen LogP contribution in [0.15, 0.2) is 18.2 Å². The second-order valence-electron chi connectivity index (χ2n) is 6.01. The van der Waals surface area contributed by atoms with Crippen molar-refractivity contribution in [3.63, 3.8) is 0 Å². The van der Waals surface area contributed by atoms with Crippen molar-refractivity contribution in [2.75, 3.05) is 0 Å². The molecule has 0 spiro atoms. The lowest BCUT2D eigenvalue weighted by molar-refractivity contribution is 0.369. The first-order valence-electron chi connectivity index (χ1n) is 6.92. The fourth-order valence-electron chi connectivity index (χ4n) is 3.34. The van der Waals surface area contributed by atoms with Gasteiger partial charge in [-0.2, -0.15) is 0 Å². The third kappa shape index (κ3) is 2.16. The van der Waals surface area contributed by atoms with Crippen LogP contribution in [0.25, 0.3) is 10.9 Å². The Morgan fingerprint density at radius 3 is 3.00 bits per heavy atom. The fraction of sp³-hybridized carbons (Fsp3) is 0.500. The smallest absolute Gasteiger partial charge is 0.0473 e. The summed E-state index contributed by atoms with van der Waals surface area (Å²) in [5, 5.41) is 2.20. The van der Waals surface area contributed by atoms with Gasteiger partial charge in [0.25, 0.3) is 0 Å². The zero-order valence-electron chi connectivity index (χ0n) is 11.1. The Morgan fingerprint density at radius 1 is 1.39 bits per heavy atom. The summed E-state index contributed by atoms with van der Waals surface area (Å²) < 4.78 is 0. The van der Waals surface area contributed by atoms with Gasteiger partial charge >= 0.3 is 0 Å². The summed E-state index contributed by atoms with van der Waals surface area (Å²) in [5.74, 6) is 1.66. The molecule has 1 aliphatic rings. The van der Waals surface area contributed by atoms with Crippen LogP contribution < -0.4 is 0 Å². The van der Waals surface area contributed by atoms with Gasteiger partial charge in [-0.25, -0.2) is 0 Å². The highest BCUT2D eigenvalue weighted by molar-refractivity contribution is 6.31. The van der Waals surface area contributed by atoms with E-state index in [0.29, 0.717) is 0 Å². The summed E-state index contributed by atoms with van der Waals surface area (Å²) >= 11 is 6.06. The highest BCUT2D eigenvalue weighted by Crippen LogP contribution is 2.34. The van der Waals surface area contributed by atoms with Crippen molar-refractivity contribution < 1.29 is 0 Å². The molecule has 2 heteroatoms. The first kappa shape index (κ1) is 12.1. The quantitative estimate of drug-likeness (QED) is 0.785.